The third-order valence-corrected chi connectivity index (χ3v) is 5.47. The summed E-state index contributed by atoms with van der Waals surface area (Å²) in [6.07, 6.45) is -1.13. The van der Waals surface area contributed by atoms with Crippen molar-refractivity contribution in [3.8, 4) is 11.1 Å². The van der Waals surface area contributed by atoms with Crippen LogP contribution in [0.25, 0.3) is 11.1 Å². The van der Waals surface area contributed by atoms with Crippen molar-refractivity contribution in [2.45, 2.75) is 25.7 Å². The molecule has 0 amide bonds. The summed E-state index contributed by atoms with van der Waals surface area (Å²) in [5, 5.41) is 16.9. The van der Waals surface area contributed by atoms with Crippen molar-refractivity contribution in [1.29, 1.82) is 0 Å². The maximum atomic E-state index is 13.0. The Morgan fingerprint density at radius 2 is 1.64 bits per heavy atom. The van der Waals surface area contributed by atoms with Crippen LogP contribution >= 0.6 is 0 Å². The van der Waals surface area contributed by atoms with Crippen LogP contribution in [0.3, 0.4) is 0 Å². The lowest BCUT2D eigenvalue weighted by molar-refractivity contribution is -0.0561. The van der Waals surface area contributed by atoms with Gasteiger partial charge < -0.3 is 15.1 Å². The Morgan fingerprint density at radius 3 is 2.32 bits per heavy atom. The lowest BCUT2D eigenvalue weighted by Crippen LogP contribution is -2.35. The molecule has 4 heteroatoms. The summed E-state index contributed by atoms with van der Waals surface area (Å²) in [6.45, 7) is 2.85. The smallest absolute Gasteiger partial charge is 0.267 e. The molecule has 142 valence electrons. The van der Waals surface area contributed by atoms with Gasteiger partial charge in [0.15, 0.2) is 5.78 Å². The number of aliphatic hydroxyl groups is 1. The van der Waals surface area contributed by atoms with E-state index in [1.807, 2.05) is 79.7 Å². The Kier molecular flexibility index (Phi) is 4.99. The number of rotatable bonds is 4. The molecule has 4 rings (SSSR count). The number of Topliss-reactive ketones (excluding diaryl/α,β-unsaturated/α-hetero) is 1. The highest BCUT2D eigenvalue weighted by molar-refractivity contribution is 6.07. The Labute approximate surface area is 164 Å². The summed E-state index contributed by atoms with van der Waals surface area (Å²) in [7, 11) is 0. The van der Waals surface area contributed by atoms with Gasteiger partial charge in [-0.15, -0.1) is 0 Å². The highest BCUT2D eigenvalue weighted by Gasteiger charge is 2.26. The molecule has 2 unspecified atom stereocenters. The molecule has 3 aromatic carbocycles. The van der Waals surface area contributed by atoms with Gasteiger partial charge in [0.2, 0.25) is 0 Å². The first-order valence-electron chi connectivity index (χ1n) is 9.49. The fourth-order valence-electron chi connectivity index (χ4n) is 3.79. The van der Waals surface area contributed by atoms with Gasteiger partial charge in [0, 0.05) is 17.8 Å². The zero-order valence-electron chi connectivity index (χ0n) is 15.8. The van der Waals surface area contributed by atoms with E-state index in [2.05, 4.69) is 4.90 Å². The molecule has 3 aromatic rings. The van der Waals surface area contributed by atoms with Gasteiger partial charge in [0.1, 0.15) is 0 Å². The normalized spacial score (nSPS) is 15.8. The molecule has 0 saturated carbocycles. The number of hydrogen-bond donors (Lipinski definition) is 1. The summed E-state index contributed by atoms with van der Waals surface area (Å²) in [6, 6.07) is 23.9. The number of fused-ring (bicyclic) bond motifs is 1. The van der Waals surface area contributed by atoms with E-state index >= 15 is 0 Å². The van der Waals surface area contributed by atoms with Crippen LogP contribution in [0, 0.1) is 0 Å². The molecule has 1 heterocycles. The van der Waals surface area contributed by atoms with E-state index in [1.165, 1.54) is 0 Å². The number of carbonyl (C=O) groups is 1. The molecule has 0 radical (unpaired) electrons. The molecule has 1 aliphatic rings. The van der Waals surface area contributed by atoms with Crippen LogP contribution in [-0.4, -0.2) is 28.8 Å². The van der Waals surface area contributed by atoms with Gasteiger partial charge in [-0.1, -0.05) is 60.7 Å². The minimum atomic E-state index is -1.13. The molecule has 2 atom stereocenters. The second-order valence-corrected chi connectivity index (χ2v) is 7.31. The standard InChI is InChI=1S/C24H23NO3/c1-16(24(27)28)17-10-12-20(13-11-17)25-14-19-8-5-9-21(23(19)22(26)15-25)18-6-3-2-4-7-18/h2-13,16,24,27-28H,14-15H2,1H3/p+1. The molecule has 0 aliphatic carbocycles. The Balaban J connectivity index is 1.63. The highest BCUT2D eigenvalue weighted by atomic mass is 16.5. The molecular formula is C24H24NO3+. The van der Waals surface area contributed by atoms with Crippen LogP contribution in [0.5, 0.6) is 0 Å². The second kappa shape index (κ2) is 7.58. The van der Waals surface area contributed by atoms with E-state index in [-0.39, 0.29) is 11.7 Å². The van der Waals surface area contributed by atoms with Crippen LogP contribution in [0.2, 0.25) is 0 Å². The Bertz CT molecular complexity index is 980. The minimum absolute atomic E-state index is 0.125. The summed E-state index contributed by atoms with van der Waals surface area (Å²) >= 11 is 0. The third-order valence-electron chi connectivity index (χ3n) is 5.47. The van der Waals surface area contributed by atoms with Crippen LogP contribution in [-0.2, 0) is 6.54 Å². The van der Waals surface area contributed by atoms with E-state index in [0.717, 1.165) is 33.5 Å². The molecule has 1 aliphatic heterocycles. The van der Waals surface area contributed by atoms with Gasteiger partial charge in [0.25, 0.3) is 6.29 Å². The van der Waals surface area contributed by atoms with Crippen molar-refractivity contribution in [2.75, 3.05) is 11.4 Å². The second-order valence-electron chi connectivity index (χ2n) is 7.31. The van der Waals surface area contributed by atoms with Gasteiger partial charge in [-0.05, 0) is 41.3 Å². The molecule has 28 heavy (non-hydrogen) atoms. The quantitative estimate of drug-likeness (QED) is 0.559. The predicted molar refractivity (Wildman–Crippen MR) is 112 cm³/mol. The number of hydrogen-bond acceptors (Lipinski definition) is 3. The molecule has 0 spiro atoms. The molecule has 0 aromatic heterocycles. The number of benzene rings is 3. The van der Waals surface area contributed by atoms with Crippen molar-refractivity contribution < 1.29 is 15.0 Å². The number of nitrogens with zero attached hydrogens (tertiary/aromatic N) is 1. The fraction of sp³-hybridized carbons (Fsp3) is 0.208. The maximum Gasteiger partial charge on any atom is 0.267 e. The Hall–Kier alpha value is -2.95. The first-order chi connectivity index (χ1) is 13.5. The number of ketones is 1. The number of carbonyl (C=O) groups excluding carboxylic acids is 1. The van der Waals surface area contributed by atoms with Gasteiger partial charge >= 0.3 is 0 Å². The average molecular weight is 374 g/mol. The maximum absolute atomic E-state index is 13.0. The van der Waals surface area contributed by atoms with E-state index in [4.69, 9.17) is 5.11 Å². The summed E-state index contributed by atoms with van der Waals surface area (Å²) in [5.74, 6) is -0.120. The lowest BCUT2D eigenvalue weighted by atomic mass is 9.89. The van der Waals surface area contributed by atoms with E-state index in [9.17, 15) is 9.90 Å². The highest BCUT2D eigenvalue weighted by Crippen LogP contribution is 2.32. The van der Waals surface area contributed by atoms with Crippen molar-refractivity contribution in [2.24, 2.45) is 0 Å². The zero-order chi connectivity index (χ0) is 19.7. The van der Waals surface area contributed by atoms with Crippen molar-refractivity contribution in [3.05, 3.63) is 89.5 Å². The lowest BCUT2D eigenvalue weighted by Gasteiger charge is -2.31. The van der Waals surface area contributed by atoms with Crippen LogP contribution in [0.15, 0.2) is 72.8 Å². The van der Waals surface area contributed by atoms with Gasteiger partial charge in [-0.3, -0.25) is 4.79 Å². The van der Waals surface area contributed by atoms with Crippen molar-refractivity contribution in [1.82, 2.24) is 0 Å². The van der Waals surface area contributed by atoms with Gasteiger partial charge in [-0.2, -0.15) is 0 Å². The van der Waals surface area contributed by atoms with E-state index < -0.39 is 6.29 Å². The summed E-state index contributed by atoms with van der Waals surface area (Å²) in [5.41, 5.74) is 5.81. The number of anilines is 1. The van der Waals surface area contributed by atoms with Crippen molar-refractivity contribution >= 4 is 11.5 Å². The van der Waals surface area contributed by atoms with E-state index in [0.29, 0.717) is 13.1 Å². The third kappa shape index (κ3) is 3.44. The summed E-state index contributed by atoms with van der Waals surface area (Å²) in [4.78, 5) is 15.1. The predicted octanol–water partition coefficient (Wildman–Crippen LogP) is 3.70. The van der Waals surface area contributed by atoms with Crippen LogP contribution in [0.1, 0.15) is 34.3 Å². The van der Waals surface area contributed by atoms with E-state index in [1.54, 1.807) is 0 Å². The number of aliphatic hydroxyl groups excluding tert-OH is 1. The first kappa shape index (κ1) is 18.4. The SMILES string of the molecule is CC(c1ccc(N2CC(=O)c3c(cccc3-c3ccccc3)C2)cc1)C(O)[OH2+]. The largest absolute Gasteiger partial charge is 0.421 e. The minimum Gasteiger partial charge on any atom is -0.421 e. The Morgan fingerprint density at radius 1 is 0.929 bits per heavy atom. The zero-order valence-corrected chi connectivity index (χ0v) is 15.8. The molecule has 3 N–H and O–H groups in total. The summed E-state index contributed by atoms with van der Waals surface area (Å²) < 4.78 is 0. The average Bonchev–Trinajstić information content (AvgIpc) is 2.73. The van der Waals surface area contributed by atoms with Gasteiger partial charge in [0.05, 0.1) is 12.5 Å². The van der Waals surface area contributed by atoms with Gasteiger partial charge in [-0.25, -0.2) is 0 Å². The fourth-order valence-corrected chi connectivity index (χ4v) is 3.79. The topological polar surface area (TPSA) is 63.4 Å². The first-order valence-corrected chi connectivity index (χ1v) is 9.49. The van der Waals surface area contributed by atoms with Crippen molar-refractivity contribution in [3.63, 3.8) is 0 Å². The monoisotopic (exact) mass is 374 g/mol. The molecular weight excluding hydrogens is 350 g/mol. The molecule has 0 fully saturated rings. The van der Waals surface area contributed by atoms with Crippen LogP contribution < -0.4 is 4.90 Å². The molecule has 4 nitrogen and oxygen atoms in total. The molecule has 0 bridgehead atoms. The van der Waals surface area contributed by atoms with Crippen LogP contribution in [0.4, 0.5) is 5.69 Å². The molecule has 0 saturated heterocycles.